The smallest absolute Gasteiger partial charge is 0.278 e. The number of anilines is 1. The number of hydrogen-bond acceptors (Lipinski definition) is 6. The van der Waals surface area contributed by atoms with Gasteiger partial charge in [-0.05, 0) is 47.6 Å². The van der Waals surface area contributed by atoms with Gasteiger partial charge in [-0.15, -0.1) is 0 Å². The molecular weight excluding hydrogens is 448 g/mol. The third-order valence-corrected chi connectivity index (χ3v) is 7.53. The Labute approximate surface area is 193 Å². The monoisotopic (exact) mass is 470 g/mol. The molecule has 1 fully saturated rings. The molecule has 0 bridgehead atoms. The molecule has 170 valence electrons. The fraction of sp³-hybridized carbons (Fsp3) is 0.318. The zero-order chi connectivity index (χ0) is 23.4. The molecular formula is C22H22BF3N6S. The summed E-state index contributed by atoms with van der Waals surface area (Å²) in [6.45, 7) is 1.81. The molecule has 3 heterocycles. The maximum atomic E-state index is 15.1. The molecule has 0 N–H and O–H groups in total. The predicted molar refractivity (Wildman–Crippen MR) is 129 cm³/mol. The number of hydrogen-bond donors (Lipinski definition) is 0. The lowest BCUT2D eigenvalue weighted by Gasteiger charge is -2.37. The van der Waals surface area contributed by atoms with Gasteiger partial charge in [-0.3, -0.25) is 4.98 Å². The molecule has 0 amide bonds. The first-order valence-corrected chi connectivity index (χ1v) is 11.8. The Kier molecular flexibility index (Phi) is 7.25. The number of nitrogens with zero attached hydrogens (tertiary/aromatic N) is 6. The number of aromatic nitrogens is 1. The van der Waals surface area contributed by atoms with Crippen molar-refractivity contribution in [1.29, 1.82) is 5.26 Å². The van der Waals surface area contributed by atoms with Crippen molar-refractivity contribution in [2.24, 2.45) is 10.2 Å². The molecule has 0 radical (unpaired) electrons. The largest absolute Gasteiger partial charge is 0.304 e. The van der Waals surface area contributed by atoms with Crippen LogP contribution in [0.3, 0.4) is 0 Å². The van der Waals surface area contributed by atoms with Crippen LogP contribution in [0.1, 0.15) is 17.5 Å². The highest BCUT2D eigenvalue weighted by Crippen LogP contribution is 2.34. The van der Waals surface area contributed by atoms with Gasteiger partial charge in [0, 0.05) is 42.8 Å². The third kappa shape index (κ3) is 5.34. The molecule has 33 heavy (non-hydrogen) atoms. The molecule has 1 saturated heterocycles. The molecule has 0 saturated carbocycles. The maximum Gasteiger partial charge on any atom is 0.278 e. The Morgan fingerprint density at radius 2 is 2.03 bits per heavy atom. The molecule has 1 atom stereocenters. The molecule has 11 heteroatoms. The van der Waals surface area contributed by atoms with Gasteiger partial charge in [0.2, 0.25) is 0 Å². The van der Waals surface area contributed by atoms with Crippen LogP contribution in [0.4, 0.5) is 18.9 Å². The van der Waals surface area contributed by atoms with Crippen LogP contribution < -0.4 is 4.31 Å². The predicted octanol–water partition coefficient (Wildman–Crippen LogP) is 4.45. The summed E-state index contributed by atoms with van der Waals surface area (Å²) in [6, 6.07) is 8.38. The van der Waals surface area contributed by atoms with Crippen molar-refractivity contribution in [2.75, 3.05) is 17.4 Å². The van der Waals surface area contributed by atoms with Crippen molar-refractivity contribution >= 4 is 40.6 Å². The van der Waals surface area contributed by atoms with E-state index in [1.807, 2.05) is 16.4 Å². The van der Waals surface area contributed by atoms with E-state index in [1.54, 1.807) is 24.5 Å². The molecule has 2 aliphatic heterocycles. The SMILES string of the molecule is C=S(N1CCB(C#N)CC1)N(Cc1ccc(C2=NN=C(C(F)F)C2)cc1F)c1cccnc1. The summed E-state index contributed by atoms with van der Waals surface area (Å²) < 4.78 is 45.0. The zero-order valence-electron chi connectivity index (χ0n) is 17.9. The van der Waals surface area contributed by atoms with Crippen LogP contribution in [-0.2, 0) is 6.54 Å². The Balaban J connectivity index is 1.53. The van der Waals surface area contributed by atoms with Crippen LogP contribution in [0.25, 0.3) is 0 Å². The van der Waals surface area contributed by atoms with Crippen molar-refractivity contribution in [3.8, 4) is 5.97 Å². The van der Waals surface area contributed by atoms with Gasteiger partial charge in [0.15, 0.2) is 0 Å². The fourth-order valence-electron chi connectivity index (χ4n) is 3.78. The van der Waals surface area contributed by atoms with E-state index < -0.39 is 23.1 Å². The van der Waals surface area contributed by atoms with Crippen LogP contribution in [0.5, 0.6) is 0 Å². The minimum atomic E-state index is -2.67. The van der Waals surface area contributed by atoms with Gasteiger partial charge in [0.1, 0.15) is 11.5 Å². The van der Waals surface area contributed by atoms with Crippen LogP contribution in [-0.4, -0.2) is 52.8 Å². The minimum absolute atomic E-state index is 0.0585. The van der Waals surface area contributed by atoms with Gasteiger partial charge in [-0.25, -0.2) is 22.7 Å². The lowest BCUT2D eigenvalue weighted by Crippen LogP contribution is -2.37. The normalized spacial score (nSPS) is 17.5. The summed E-state index contributed by atoms with van der Waals surface area (Å²) >= 11 is 0. The Morgan fingerprint density at radius 1 is 1.24 bits per heavy atom. The quantitative estimate of drug-likeness (QED) is 0.443. The van der Waals surface area contributed by atoms with E-state index in [2.05, 4.69) is 31.3 Å². The van der Waals surface area contributed by atoms with Crippen molar-refractivity contribution in [3.05, 3.63) is 59.7 Å². The summed E-state index contributed by atoms with van der Waals surface area (Å²) in [5, 5.41) is 16.5. The lowest BCUT2D eigenvalue weighted by molar-refractivity contribution is 0.224. The molecule has 0 spiro atoms. The van der Waals surface area contributed by atoms with E-state index in [0.29, 0.717) is 16.8 Å². The van der Waals surface area contributed by atoms with E-state index in [9.17, 15) is 14.0 Å². The van der Waals surface area contributed by atoms with E-state index in [1.165, 1.54) is 6.07 Å². The van der Waals surface area contributed by atoms with Gasteiger partial charge in [-0.1, -0.05) is 12.1 Å². The highest BCUT2D eigenvalue weighted by atomic mass is 32.2. The summed E-state index contributed by atoms with van der Waals surface area (Å²) in [4.78, 5) is 4.20. The highest BCUT2D eigenvalue weighted by Gasteiger charge is 2.27. The van der Waals surface area contributed by atoms with Crippen LogP contribution in [0.15, 0.2) is 52.9 Å². The van der Waals surface area contributed by atoms with Crippen molar-refractivity contribution in [3.63, 3.8) is 0 Å². The Hall–Kier alpha value is -2.97. The summed E-state index contributed by atoms with van der Waals surface area (Å²) in [5.41, 5.74) is 1.73. The zero-order valence-corrected chi connectivity index (χ0v) is 18.7. The molecule has 6 nitrogen and oxygen atoms in total. The Bertz CT molecular complexity index is 1130. The fourth-order valence-corrected chi connectivity index (χ4v) is 5.33. The molecule has 4 rings (SSSR count). The molecule has 1 unspecified atom stereocenters. The van der Waals surface area contributed by atoms with Crippen molar-refractivity contribution in [1.82, 2.24) is 9.29 Å². The highest BCUT2D eigenvalue weighted by molar-refractivity contribution is 8.13. The number of pyridine rings is 1. The second kappa shape index (κ2) is 10.3. The molecule has 1 aromatic carbocycles. The lowest BCUT2D eigenvalue weighted by atomic mass is 9.45. The molecule has 1 aromatic heterocycles. The first-order chi connectivity index (χ1) is 16.0. The molecule has 2 aromatic rings. The maximum absolute atomic E-state index is 15.1. The Morgan fingerprint density at radius 3 is 2.64 bits per heavy atom. The standard InChI is InChI=1S/C22H22BF3N6S/c1-33(31-9-6-23(15-27)7-10-31)32(18-3-2-8-28-13-18)14-17-5-4-16(11-19(17)24)20-12-21(22(25)26)30-29-20/h2-5,8,11,13,22H,1,6-7,9-10,12,14H2. The number of alkyl halides is 2. The van der Waals surface area contributed by atoms with Crippen molar-refractivity contribution in [2.45, 2.75) is 32.0 Å². The summed E-state index contributed by atoms with van der Waals surface area (Å²) in [7, 11) is -0.613. The van der Waals surface area contributed by atoms with Crippen molar-refractivity contribution < 1.29 is 13.2 Å². The third-order valence-electron chi connectivity index (χ3n) is 5.72. The topological polar surface area (TPSA) is 67.9 Å². The average Bonchev–Trinajstić information content (AvgIpc) is 3.34. The van der Waals surface area contributed by atoms with Crippen LogP contribution in [0.2, 0.25) is 12.6 Å². The average molecular weight is 470 g/mol. The van der Waals surface area contributed by atoms with Gasteiger partial charge < -0.3 is 4.31 Å². The van der Waals surface area contributed by atoms with Gasteiger partial charge in [-0.2, -0.15) is 10.2 Å². The molecule has 0 aliphatic carbocycles. The summed E-state index contributed by atoms with van der Waals surface area (Å²) in [6.07, 6.45) is 2.20. The van der Waals surface area contributed by atoms with E-state index >= 15 is 4.39 Å². The van der Waals surface area contributed by atoms with Crippen LogP contribution >= 0.6 is 10.9 Å². The number of nitriles is 1. The second-order valence-electron chi connectivity index (χ2n) is 7.84. The van der Waals surface area contributed by atoms with Gasteiger partial charge in [0.25, 0.3) is 13.1 Å². The van der Waals surface area contributed by atoms with E-state index in [-0.39, 0.29) is 25.4 Å². The minimum Gasteiger partial charge on any atom is -0.304 e. The second-order valence-corrected chi connectivity index (χ2v) is 9.48. The van der Waals surface area contributed by atoms with Crippen LogP contribution in [0, 0.1) is 17.0 Å². The summed E-state index contributed by atoms with van der Waals surface area (Å²) in [5.74, 6) is 6.24. The number of rotatable bonds is 7. The number of halogens is 3. The first-order valence-electron chi connectivity index (χ1n) is 10.5. The van der Waals surface area contributed by atoms with Gasteiger partial charge in [0.05, 0.1) is 24.1 Å². The first kappa shape index (κ1) is 23.2. The molecule has 2 aliphatic rings. The number of benzene rings is 1. The van der Waals surface area contributed by atoms with E-state index in [0.717, 1.165) is 31.4 Å². The van der Waals surface area contributed by atoms with E-state index in [4.69, 9.17) is 0 Å². The van der Waals surface area contributed by atoms with Gasteiger partial charge >= 0.3 is 0 Å².